The van der Waals surface area contributed by atoms with Crippen molar-refractivity contribution in [3.8, 4) is 10.7 Å². The van der Waals surface area contributed by atoms with Crippen molar-refractivity contribution in [3.05, 3.63) is 53.8 Å². The van der Waals surface area contributed by atoms with E-state index >= 15 is 0 Å². The number of benzene rings is 2. The summed E-state index contributed by atoms with van der Waals surface area (Å²) in [5.74, 6) is 0.582. The lowest BCUT2D eigenvalue weighted by Gasteiger charge is -1.95. The molecule has 2 heterocycles. The minimum Gasteiger partial charge on any atom is -0.337 e. The number of nitrogens with zero attached hydrogens (tertiary/aromatic N) is 1. The van der Waals surface area contributed by atoms with Crippen molar-refractivity contribution in [1.29, 1.82) is 0 Å². The first-order valence-electron chi connectivity index (χ1n) is 6.62. The van der Waals surface area contributed by atoms with E-state index in [9.17, 15) is 4.39 Å². The van der Waals surface area contributed by atoms with Gasteiger partial charge in [0, 0.05) is 11.2 Å². The second-order valence-electron chi connectivity index (χ2n) is 4.90. The highest BCUT2D eigenvalue weighted by Crippen LogP contribution is 2.33. The van der Waals surface area contributed by atoms with Crippen LogP contribution in [0, 0.1) is 5.82 Å². The molecule has 0 aliphatic carbocycles. The van der Waals surface area contributed by atoms with Gasteiger partial charge in [-0.3, -0.25) is 0 Å². The predicted octanol–water partition coefficient (Wildman–Crippen LogP) is 4.04. The fourth-order valence-electron chi connectivity index (χ4n) is 2.49. The van der Waals surface area contributed by atoms with Gasteiger partial charge in [0.1, 0.15) is 11.6 Å². The zero-order chi connectivity index (χ0) is 14.4. The molecule has 4 rings (SSSR count). The average molecular weight is 297 g/mol. The molecule has 0 fully saturated rings. The van der Waals surface area contributed by atoms with Gasteiger partial charge in [-0.05, 0) is 35.2 Å². The highest BCUT2D eigenvalue weighted by atomic mass is 32.1. The number of para-hydroxylation sites is 1. The molecule has 3 nitrogen and oxygen atoms in total. The Hall–Kier alpha value is -2.24. The van der Waals surface area contributed by atoms with Gasteiger partial charge in [0.2, 0.25) is 0 Å². The normalized spacial score (nSPS) is 11.5. The van der Waals surface area contributed by atoms with E-state index in [1.807, 2.05) is 24.3 Å². The van der Waals surface area contributed by atoms with E-state index in [2.05, 4.69) is 9.97 Å². The molecule has 0 unspecified atom stereocenters. The Morgan fingerprint density at radius 2 is 2.10 bits per heavy atom. The summed E-state index contributed by atoms with van der Waals surface area (Å²) >= 11 is 1.53. The maximum Gasteiger partial charge on any atom is 0.148 e. The van der Waals surface area contributed by atoms with Crippen LogP contribution < -0.4 is 5.73 Å². The van der Waals surface area contributed by atoms with Crippen LogP contribution in [0.2, 0.25) is 0 Å². The summed E-state index contributed by atoms with van der Waals surface area (Å²) in [6, 6.07) is 12.8. The molecule has 0 spiro atoms. The Kier molecular flexibility index (Phi) is 2.77. The summed E-state index contributed by atoms with van der Waals surface area (Å²) in [6.07, 6.45) is 0. The molecule has 5 heteroatoms. The highest BCUT2D eigenvalue weighted by molar-refractivity contribution is 7.22. The molecule has 21 heavy (non-hydrogen) atoms. The largest absolute Gasteiger partial charge is 0.337 e. The Balaban J connectivity index is 1.91. The van der Waals surface area contributed by atoms with Crippen LogP contribution in [-0.2, 0) is 6.54 Å². The van der Waals surface area contributed by atoms with Crippen molar-refractivity contribution in [1.82, 2.24) is 9.97 Å². The summed E-state index contributed by atoms with van der Waals surface area (Å²) in [6.45, 7) is 0.458. The maximum atomic E-state index is 13.3. The molecule has 0 bridgehead atoms. The number of thiophene rings is 1. The van der Waals surface area contributed by atoms with E-state index in [-0.39, 0.29) is 5.82 Å². The average Bonchev–Trinajstić information content (AvgIpc) is 3.09. The fraction of sp³-hybridized carbons (Fsp3) is 0.0625. The standard InChI is InChI=1S/C16H12FN3S/c17-11-5-4-9-6-14(21-13(9)7-11)16-19-12-3-1-2-10(8-18)15(12)20-16/h1-7H,8,18H2,(H,19,20). The van der Waals surface area contributed by atoms with Gasteiger partial charge >= 0.3 is 0 Å². The molecule has 4 aromatic rings. The van der Waals surface area contributed by atoms with Gasteiger partial charge in [-0.2, -0.15) is 0 Å². The topological polar surface area (TPSA) is 54.7 Å². The summed E-state index contributed by atoms with van der Waals surface area (Å²) in [4.78, 5) is 8.96. The lowest BCUT2D eigenvalue weighted by Crippen LogP contribution is -1.96. The zero-order valence-corrected chi connectivity index (χ0v) is 11.9. The van der Waals surface area contributed by atoms with Crippen LogP contribution in [0.3, 0.4) is 0 Å². The maximum absolute atomic E-state index is 13.3. The lowest BCUT2D eigenvalue weighted by molar-refractivity contribution is 0.630. The number of aromatic nitrogens is 2. The smallest absolute Gasteiger partial charge is 0.148 e. The minimum atomic E-state index is -0.217. The van der Waals surface area contributed by atoms with E-state index in [4.69, 9.17) is 5.73 Å². The van der Waals surface area contributed by atoms with Crippen molar-refractivity contribution in [2.24, 2.45) is 5.73 Å². The summed E-state index contributed by atoms with van der Waals surface area (Å²) in [5.41, 5.74) is 8.64. The number of fused-ring (bicyclic) bond motifs is 2. The van der Waals surface area contributed by atoms with Gasteiger partial charge in [-0.25, -0.2) is 9.37 Å². The van der Waals surface area contributed by atoms with E-state index in [0.717, 1.165) is 37.4 Å². The van der Waals surface area contributed by atoms with Gasteiger partial charge in [-0.1, -0.05) is 18.2 Å². The van der Waals surface area contributed by atoms with Crippen molar-refractivity contribution in [3.63, 3.8) is 0 Å². The third kappa shape index (κ3) is 2.02. The van der Waals surface area contributed by atoms with Crippen molar-refractivity contribution in [2.45, 2.75) is 6.54 Å². The number of H-pyrrole nitrogens is 1. The van der Waals surface area contributed by atoms with Crippen LogP contribution in [0.5, 0.6) is 0 Å². The third-order valence-corrected chi connectivity index (χ3v) is 4.64. The Morgan fingerprint density at radius 1 is 1.19 bits per heavy atom. The summed E-state index contributed by atoms with van der Waals surface area (Å²) in [5, 5.41) is 1.02. The molecule has 0 radical (unpaired) electrons. The van der Waals surface area contributed by atoms with Crippen molar-refractivity contribution < 1.29 is 4.39 Å². The zero-order valence-electron chi connectivity index (χ0n) is 11.1. The SMILES string of the molecule is NCc1cccc2[nH]c(-c3cc4ccc(F)cc4s3)nc12. The number of aromatic amines is 1. The molecule has 0 saturated carbocycles. The third-order valence-electron chi connectivity index (χ3n) is 3.53. The molecular formula is C16H12FN3S. The monoisotopic (exact) mass is 297 g/mol. The molecule has 2 aromatic heterocycles. The van der Waals surface area contributed by atoms with Gasteiger partial charge in [0.05, 0.1) is 15.9 Å². The van der Waals surface area contributed by atoms with Crippen molar-refractivity contribution >= 4 is 32.5 Å². The van der Waals surface area contributed by atoms with Crippen LogP contribution in [0.25, 0.3) is 31.8 Å². The predicted molar refractivity (Wildman–Crippen MR) is 84.8 cm³/mol. The highest BCUT2D eigenvalue weighted by Gasteiger charge is 2.11. The molecule has 2 aromatic carbocycles. The van der Waals surface area contributed by atoms with Gasteiger partial charge in [0.15, 0.2) is 0 Å². The number of hydrogen-bond donors (Lipinski definition) is 2. The van der Waals surface area contributed by atoms with E-state index < -0.39 is 0 Å². The van der Waals surface area contributed by atoms with E-state index in [1.54, 1.807) is 12.1 Å². The molecule has 3 N–H and O–H groups in total. The second-order valence-corrected chi connectivity index (χ2v) is 5.98. The molecule has 0 amide bonds. The first-order valence-corrected chi connectivity index (χ1v) is 7.43. The van der Waals surface area contributed by atoms with Crippen LogP contribution >= 0.6 is 11.3 Å². The number of nitrogens with two attached hydrogens (primary N) is 1. The Morgan fingerprint density at radius 3 is 2.95 bits per heavy atom. The van der Waals surface area contributed by atoms with Crippen LogP contribution in [0.1, 0.15) is 5.56 Å². The van der Waals surface area contributed by atoms with E-state index in [1.165, 1.54) is 17.4 Å². The number of rotatable bonds is 2. The first-order chi connectivity index (χ1) is 10.2. The summed E-state index contributed by atoms with van der Waals surface area (Å²) in [7, 11) is 0. The Bertz CT molecular complexity index is 955. The quantitative estimate of drug-likeness (QED) is 0.586. The molecule has 104 valence electrons. The first kappa shape index (κ1) is 12.5. The molecule has 0 saturated heterocycles. The fourth-order valence-corrected chi connectivity index (χ4v) is 3.53. The number of nitrogens with one attached hydrogen (secondary N) is 1. The summed E-state index contributed by atoms with van der Waals surface area (Å²) < 4.78 is 14.2. The van der Waals surface area contributed by atoms with Crippen LogP contribution in [-0.4, -0.2) is 9.97 Å². The van der Waals surface area contributed by atoms with Crippen LogP contribution in [0.4, 0.5) is 4.39 Å². The second kappa shape index (κ2) is 4.65. The van der Waals surface area contributed by atoms with Gasteiger partial charge in [0.25, 0.3) is 0 Å². The Labute approximate surface area is 124 Å². The van der Waals surface area contributed by atoms with Crippen molar-refractivity contribution in [2.75, 3.05) is 0 Å². The molecular weight excluding hydrogens is 285 g/mol. The molecule has 0 atom stereocenters. The van der Waals surface area contributed by atoms with Gasteiger partial charge < -0.3 is 10.7 Å². The lowest BCUT2D eigenvalue weighted by atomic mass is 10.2. The minimum absolute atomic E-state index is 0.217. The molecule has 0 aliphatic heterocycles. The van der Waals surface area contributed by atoms with E-state index in [0.29, 0.717) is 6.54 Å². The number of halogens is 1. The number of imidazole rings is 1. The van der Waals surface area contributed by atoms with Crippen LogP contribution in [0.15, 0.2) is 42.5 Å². The van der Waals surface area contributed by atoms with Gasteiger partial charge in [-0.15, -0.1) is 11.3 Å². The number of hydrogen-bond acceptors (Lipinski definition) is 3. The molecule has 0 aliphatic rings.